The van der Waals surface area contributed by atoms with Crippen molar-refractivity contribution in [3.8, 4) is 0 Å². The van der Waals surface area contributed by atoms with Gasteiger partial charge in [-0.05, 0) is 56.4 Å². The van der Waals surface area contributed by atoms with Crippen LogP contribution in [0.3, 0.4) is 0 Å². The summed E-state index contributed by atoms with van der Waals surface area (Å²) in [6.45, 7) is 15.7. The number of nitrogens with one attached hydrogen (secondary N) is 3. The first-order chi connectivity index (χ1) is 16.1. The van der Waals surface area contributed by atoms with Crippen LogP contribution in [0.5, 0.6) is 0 Å². The molecule has 4 atom stereocenters. The molecule has 0 aromatic heterocycles. The van der Waals surface area contributed by atoms with E-state index in [1.165, 1.54) is 4.90 Å². The SMILES string of the molecule is CN[C@@H](CC(C)C)C(=O)N[C@H](CC(C)C)C(=O)N(C)[C@@H](CC(C)C)C(=O)N[C@H](CC(C)C)C(=O)O. The van der Waals surface area contributed by atoms with E-state index < -0.39 is 36.0 Å². The fraction of sp³-hybridized carbons (Fsp3) is 0.846. The molecule has 0 unspecified atom stereocenters. The molecule has 0 rings (SSSR count). The van der Waals surface area contributed by atoms with Crippen LogP contribution in [0.4, 0.5) is 0 Å². The number of carbonyl (C=O) groups is 4. The van der Waals surface area contributed by atoms with Gasteiger partial charge in [-0.15, -0.1) is 0 Å². The third-order valence-corrected chi connectivity index (χ3v) is 5.83. The van der Waals surface area contributed by atoms with Gasteiger partial charge in [-0.2, -0.15) is 0 Å². The van der Waals surface area contributed by atoms with Crippen LogP contribution in [0, 0.1) is 23.7 Å². The Morgan fingerprint density at radius 2 is 1.06 bits per heavy atom. The molecule has 0 bridgehead atoms. The largest absolute Gasteiger partial charge is 0.480 e. The minimum Gasteiger partial charge on any atom is -0.480 e. The Balaban J connectivity index is 5.83. The molecule has 0 radical (unpaired) electrons. The van der Waals surface area contributed by atoms with Crippen molar-refractivity contribution in [3.63, 3.8) is 0 Å². The van der Waals surface area contributed by atoms with Gasteiger partial charge in [0, 0.05) is 7.05 Å². The predicted octanol–water partition coefficient (Wildman–Crippen LogP) is 2.64. The summed E-state index contributed by atoms with van der Waals surface area (Å²) in [4.78, 5) is 52.8. The molecular formula is C26H50N4O5. The first-order valence-corrected chi connectivity index (χ1v) is 12.9. The second-order valence-corrected chi connectivity index (χ2v) is 11.3. The van der Waals surface area contributed by atoms with Crippen molar-refractivity contribution in [3.05, 3.63) is 0 Å². The van der Waals surface area contributed by atoms with E-state index in [0.29, 0.717) is 31.6 Å². The molecule has 3 amide bonds. The standard InChI is InChI=1S/C26H50N4O5/c1-15(2)11-19(27-9)23(31)28-20(12-16(3)4)25(33)30(10)22(14-18(7)8)24(32)29-21(26(34)35)13-17(5)6/h15-22,27H,11-14H2,1-10H3,(H,28,31)(H,29,32)(H,34,35)/t19-,20+,21+,22-/m0/s1. The number of amides is 3. The van der Waals surface area contributed by atoms with Gasteiger partial charge in [0.15, 0.2) is 0 Å². The maximum absolute atomic E-state index is 13.6. The number of aliphatic carboxylic acids is 1. The Kier molecular flexibility index (Phi) is 14.8. The molecule has 9 nitrogen and oxygen atoms in total. The van der Waals surface area contributed by atoms with Crippen molar-refractivity contribution >= 4 is 23.7 Å². The molecule has 0 spiro atoms. The summed E-state index contributed by atoms with van der Waals surface area (Å²) in [7, 11) is 3.27. The quantitative estimate of drug-likeness (QED) is 0.259. The van der Waals surface area contributed by atoms with Gasteiger partial charge in [0.1, 0.15) is 18.1 Å². The third kappa shape index (κ3) is 12.4. The minimum atomic E-state index is -1.10. The van der Waals surface area contributed by atoms with Crippen molar-refractivity contribution in [1.82, 2.24) is 20.9 Å². The Bertz CT molecular complexity index is 693. The van der Waals surface area contributed by atoms with Crippen LogP contribution >= 0.6 is 0 Å². The molecule has 0 heterocycles. The van der Waals surface area contributed by atoms with Crippen LogP contribution < -0.4 is 16.0 Å². The van der Waals surface area contributed by atoms with Crippen molar-refractivity contribution in [2.45, 2.75) is 105 Å². The molecule has 0 aliphatic rings. The Labute approximate surface area is 212 Å². The lowest BCUT2D eigenvalue weighted by molar-refractivity contribution is -0.146. The van der Waals surface area contributed by atoms with Gasteiger partial charge < -0.3 is 26.0 Å². The van der Waals surface area contributed by atoms with E-state index in [4.69, 9.17) is 0 Å². The Morgan fingerprint density at radius 3 is 1.46 bits per heavy atom. The summed E-state index contributed by atoms with van der Waals surface area (Å²) in [5.41, 5.74) is 0. The molecule has 0 saturated carbocycles. The van der Waals surface area contributed by atoms with E-state index in [0.717, 1.165) is 0 Å². The highest BCUT2D eigenvalue weighted by Gasteiger charge is 2.35. The topological polar surface area (TPSA) is 128 Å². The number of rotatable bonds is 16. The number of nitrogens with zero attached hydrogens (tertiary/aromatic N) is 1. The molecule has 35 heavy (non-hydrogen) atoms. The highest BCUT2D eigenvalue weighted by molar-refractivity contribution is 5.94. The second-order valence-electron chi connectivity index (χ2n) is 11.3. The zero-order valence-electron chi connectivity index (χ0n) is 23.5. The van der Waals surface area contributed by atoms with Crippen LogP contribution in [0.15, 0.2) is 0 Å². The van der Waals surface area contributed by atoms with Crippen LogP contribution in [0.25, 0.3) is 0 Å². The third-order valence-electron chi connectivity index (χ3n) is 5.83. The number of likely N-dealkylation sites (N-methyl/N-ethyl adjacent to an activating group) is 2. The second kappa shape index (κ2) is 15.8. The lowest BCUT2D eigenvalue weighted by atomic mass is 9.97. The number of carbonyl (C=O) groups excluding carboxylic acids is 3. The summed E-state index contributed by atoms with van der Waals surface area (Å²) in [5, 5.41) is 18.1. The van der Waals surface area contributed by atoms with Gasteiger partial charge in [0.05, 0.1) is 6.04 Å². The Morgan fingerprint density at radius 1 is 0.657 bits per heavy atom. The maximum Gasteiger partial charge on any atom is 0.326 e. The number of hydrogen-bond donors (Lipinski definition) is 4. The van der Waals surface area contributed by atoms with Gasteiger partial charge >= 0.3 is 5.97 Å². The van der Waals surface area contributed by atoms with E-state index in [1.807, 2.05) is 55.4 Å². The predicted molar refractivity (Wildman–Crippen MR) is 139 cm³/mol. The molecule has 0 saturated heterocycles. The number of hydrogen-bond acceptors (Lipinski definition) is 5. The van der Waals surface area contributed by atoms with E-state index >= 15 is 0 Å². The molecule has 0 aromatic rings. The molecule has 204 valence electrons. The summed E-state index contributed by atoms with van der Waals surface area (Å²) in [5.74, 6) is -1.60. The maximum atomic E-state index is 13.6. The van der Waals surface area contributed by atoms with Gasteiger partial charge in [-0.25, -0.2) is 4.79 Å². The summed E-state index contributed by atoms with van der Waals surface area (Å²) < 4.78 is 0. The van der Waals surface area contributed by atoms with Crippen LogP contribution in [-0.2, 0) is 19.2 Å². The summed E-state index contributed by atoms with van der Waals surface area (Å²) >= 11 is 0. The van der Waals surface area contributed by atoms with E-state index in [9.17, 15) is 24.3 Å². The number of carboxylic acids is 1. The van der Waals surface area contributed by atoms with Gasteiger partial charge in [-0.3, -0.25) is 14.4 Å². The number of carboxylic acid groups (broad SMARTS) is 1. The molecule has 9 heteroatoms. The summed E-state index contributed by atoms with van der Waals surface area (Å²) in [6.07, 6.45) is 1.72. The van der Waals surface area contributed by atoms with Crippen LogP contribution in [0.2, 0.25) is 0 Å². The van der Waals surface area contributed by atoms with E-state index in [2.05, 4.69) is 16.0 Å². The molecular weight excluding hydrogens is 448 g/mol. The average Bonchev–Trinajstić information content (AvgIpc) is 2.72. The first kappa shape index (κ1) is 32.8. The van der Waals surface area contributed by atoms with E-state index in [1.54, 1.807) is 14.1 Å². The monoisotopic (exact) mass is 498 g/mol. The zero-order chi connectivity index (χ0) is 27.5. The van der Waals surface area contributed by atoms with Crippen LogP contribution in [-0.4, -0.2) is 72.0 Å². The first-order valence-electron chi connectivity index (χ1n) is 12.9. The highest BCUT2D eigenvalue weighted by Crippen LogP contribution is 2.16. The lowest BCUT2D eigenvalue weighted by Crippen LogP contribution is -2.58. The highest BCUT2D eigenvalue weighted by atomic mass is 16.4. The normalized spacial score (nSPS) is 15.1. The van der Waals surface area contributed by atoms with Gasteiger partial charge in [0.25, 0.3) is 0 Å². The van der Waals surface area contributed by atoms with Crippen molar-refractivity contribution in [2.75, 3.05) is 14.1 Å². The molecule has 0 aliphatic heterocycles. The smallest absolute Gasteiger partial charge is 0.326 e. The molecule has 0 aromatic carbocycles. The Hall–Kier alpha value is -2.16. The summed E-state index contributed by atoms with van der Waals surface area (Å²) in [6, 6.07) is -3.09. The van der Waals surface area contributed by atoms with Crippen molar-refractivity contribution in [2.24, 2.45) is 23.7 Å². The van der Waals surface area contributed by atoms with E-state index in [-0.39, 0.29) is 29.6 Å². The van der Waals surface area contributed by atoms with Gasteiger partial charge in [-0.1, -0.05) is 55.4 Å². The molecule has 4 N–H and O–H groups in total. The molecule has 0 fully saturated rings. The van der Waals surface area contributed by atoms with Crippen LogP contribution in [0.1, 0.15) is 81.1 Å². The van der Waals surface area contributed by atoms with Gasteiger partial charge in [0.2, 0.25) is 17.7 Å². The fourth-order valence-electron chi connectivity index (χ4n) is 4.04. The van der Waals surface area contributed by atoms with Crippen molar-refractivity contribution < 1.29 is 24.3 Å². The fourth-order valence-corrected chi connectivity index (χ4v) is 4.04. The lowest BCUT2D eigenvalue weighted by Gasteiger charge is -2.33. The zero-order valence-corrected chi connectivity index (χ0v) is 23.5. The average molecular weight is 499 g/mol. The molecule has 0 aliphatic carbocycles. The minimum absolute atomic E-state index is 0.0795. The van der Waals surface area contributed by atoms with Crippen molar-refractivity contribution in [1.29, 1.82) is 0 Å².